The van der Waals surface area contributed by atoms with Crippen LogP contribution in [0.1, 0.15) is 25.0 Å². The number of hydrogen-bond donors (Lipinski definition) is 1. The summed E-state index contributed by atoms with van der Waals surface area (Å²) < 4.78 is 0. The van der Waals surface area contributed by atoms with Crippen LogP contribution < -0.4 is 10.2 Å². The first-order valence-corrected chi connectivity index (χ1v) is 6.64. The van der Waals surface area contributed by atoms with Gasteiger partial charge in [-0.3, -0.25) is 10.1 Å². The lowest BCUT2D eigenvalue weighted by Gasteiger charge is -2.28. The number of pyridine rings is 1. The van der Waals surface area contributed by atoms with Crippen LogP contribution in [0, 0.1) is 17.0 Å². The van der Waals surface area contributed by atoms with E-state index in [1.165, 1.54) is 25.3 Å². The van der Waals surface area contributed by atoms with Gasteiger partial charge < -0.3 is 10.2 Å². The van der Waals surface area contributed by atoms with Crippen LogP contribution in [0.25, 0.3) is 0 Å². The smallest absolute Gasteiger partial charge is 0.290 e. The average molecular weight is 264 g/mol. The molecule has 6 heteroatoms. The number of aromatic nitrogens is 1. The number of nitrogens with zero attached hydrogens (tertiary/aromatic N) is 3. The molecule has 0 amide bonds. The van der Waals surface area contributed by atoms with Crippen LogP contribution >= 0.6 is 0 Å². The van der Waals surface area contributed by atoms with Gasteiger partial charge in [0, 0.05) is 25.7 Å². The van der Waals surface area contributed by atoms with Crippen molar-refractivity contribution in [3.05, 3.63) is 27.9 Å². The molecule has 1 aromatic heterocycles. The number of aryl methyl sites for hydroxylation is 1. The highest BCUT2D eigenvalue weighted by molar-refractivity contribution is 5.46. The van der Waals surface area contributed by atoms with Gasteiger partial charge in [0.05, 0.1) is 4.92 Å². The van der Waals surface area contributed by atoms with Gasteiger partial charge in [-0.15, -0.1) is 0 Å². The minimum atomic E-state index is -0.394. The van der Waals surface area contributed by atoms with E-state index in [1.807, 2.05) is 7.05 Å². The third-order valence-electron chi connectivity index (χ3n) is 3.54. The molecule has 2 rings (SSSR count). The summed E-state index contributed by atoms with van der Waals surface area (Å²) in [6.45, 7) is 3.63. The van der Waals surface area contributed by atoms with E-state index in [0.717, 1.165) is 18.9 Å². The zero-order valence-electron chi connectivity index (χ0n) is 11.4. The lowest BCUT2D eigenvalue weighted by Crippen LogP contribution is -2.42. The van der Waals surface area contributed by atoms with E-state index in [0.29, 0.717) is 11.7 Å². The molecular formula is C13H20N4O2. The summed E-state index contributed by atoms with van der Waals surface area (Å²) in [7, 11) is 1.98. The van der Waals surface area contributed by atoms with Crippen LogP contribution in [0.3, 0.4) is 0 Å². The van der Waals surface area contributed by atoms with Crippen LogP contribution in [0.4, 0.5) is 11.5 Å². The molecule has 1 aliphatic heterocycles. The second-order valence-corrected chi connectivity index (χ2v) is 5.06. The minimum absolute atomic E-state index is 0.0768. The summed E-state index contributed by atoms with van der Waals surface area (Å²) in [5, 5.41) is 14.2. The van der Waals surface area contributed by atoms with Crippen molar-refractivity contribution >= 4 is 11.5 Å². The van der Waals surface area contributed by atoms with Crippen LogP contribution in [0.2, 0.25) is 0 Å². The fourth-order valence-corrected chi connectivity index (χ4v) is 2.45. The van der Waals surface area contributed by atoms with Crippen molar-refractivity contribution in [1.29, 1.82) is 0 Å². The van der Waals surface area contributed by atoms with E-state index < -0.39 is 4.92 Å². The Labute approximate surface area is 113 Å². The highest BCUT2D eigenvalue weighted by Gasteiger charge is 2.17. The van der Waals surface area contributed by atoms with Gasteiger partial charge in [0.1, 0.15) is 11.5 Å². The first kappa shape index (κ1) is 13.7. The normalized spacial score (nSPS) is 19.2. The van der Waals surface area contributed by atoms with Gasteiger partial charge in [-0.25, -0.2) is 4.98 Å². The van der Waals surface area contributed by atoms with Crippen LogP contribution in [0.5, 0.6) is 0 Å². The van der Waals surface area contributed by atoms with Crippen molar-refractivity contribution in [2.24, 2.45) is 0 Å². The first-order chi connectivity index (χ1) is 9.08. The molecule has 1 aliphatic rings. The Morgan fingerprint density at radius 3 is 2.89 bits per heavy atom. The monoisotopic (exact) mass is 264 g/mol. The van der Waals surface area contributed by atoms with E-state index in [2.05, 4.69) is 15.2 Å². The van der Waals surface area contributed by atoms with E-state index in [-0.39, 0.29) is 5.69 Å². The Hall–Kier alpha value is -1.69. The minimum Gasteiger partial charge on any atom is -0.358 e. The average Bonchev–Trinajstić information content (AvgIpc) is 2.39. The van der Waals surface area contributed by atoms with Crippen molar-refractivity contribution in [3.8, 4) is 0 Å². The standard InChI is InChI=1S/C13H20N4O2/c1-10-12(17(18)19)6-7-13(15-10)16(2)9-11-5-3-4-8-14-11/h6-7,11,14H,3-5,8-9H2,1-2H3. The second kappa shape index (κ2) is 5.97. The van der Waals surface area contributed by atoms with Gasteiger partial charge in [-0.2, -0.15) is 0 Å². The van der Waals surface area contributed by atoms with Crippen molar-refractivity contribution in [1.82, 2.24) is 10.3 Å². The predicted octanol–water partition coefficient (Wildman–Crippen LogP) is 1.88. The third kappa shape index (κ3) is 3.41. The summed E-state index contributed by atoms with van der Waals surface area (Å²) in [4.78, 5) is 16.7. The van der Waals surface area contributed by atoms with Gasteiger partial charge in [0.25, 0.3) is 5.69 Å². The molecule has 104 valence electrons. The molecule has 0 spiro atoms. The van der Waals surface area contributed by atoms with Gasteiger partial charge in [-0.1, -0.05) is 6.42 Å². The highest BCUT2D eigenvalue weighted by atomic mass is 16.6. The lowest BCUT2D eigenvalue weighted by atomic mass is 10.0. The number of likely N-dealkylation sites (N-methyl/N-ethyl adjacent to an activating group) is 1. The van der Waals surface area contributed by atoms with Crippen LogP contribution in [0.15, 0.2) is 12.1 Å². The van der Waals surface area contributed by atoms with E-state index in [9.17, 15) is 10.1 Å². The summed E-state index contributed by atoms with van der Waals surface area (Å²) in [6.07, 6.45) is 3.68. The zero-order valence-corrected chi connectivity index (χ0v) is 11.4. The number of hydrogen-bond acceptors (Lipinski definition) is 5. The lowest BCUT2D eigenvalue weighted by molar-refractivity contribution is -0.385. The summed E-state index contributed by atoms with van der Waals surface area (Å²) in [6, 6.07) is 3.73. The molecule has 1 saturated heterocycles. The van der Waals surface area contributed by atoms with Crippen molar-refractivity contribution < 1.29 is 4.92 Å². The van der Waals surface area contributed by atoms with E-state index in [1.54, 1.807) is 13.0 Å². The zero-order chi connectivity index (χ0) is 13.8. The van der Waals surface area contributed by atoms with Crippen LogP contribution in [-0.2, 0) is 0 Å². The van der Waals surface area contributed by atoms with Gasteiger partial charge in [-0.05, 0) is 32.4 Å². The van der Waals surface area contributed by atoms with E-state index >= 15 is 0 Å². The maximum Gasteiger partial charge on any atom is 0.290 e. The largest absolute Gasteiger partial charge is 0.358 e. The predicted molar refractivity (Wildman–Crippen MR) is 74.5 cm³/mol. The molecule has 0 bridgehead atoms. The number of rotatable bonds is 4. The highest BCUT2D eigenvalue weighted by Crippen LogP contribution is 2.20. The van der Waals surface area contributed by atoms with Crippen LogP contribution in [-0.4, -0.2) is 36.1 Å². The molecule has 2 heterocycles. The van der Waals surface area contributed by atoms with Crippen molar-refractivity contribution in [2.45, 2.75) is 32.2 Å². The fourth-order valence-electron chi connectivity index (χ4n) is 2.45. The number of anilines is 1. The van der Waals surface area contributed by atoms with Gasteiger partial charge in [0.2, 0.25) is 0 Å². The topological polar surface area (TPSA) is 71.3 Å². The number of nitrogens with one attached hydrogen (secondary N) is 1. The number of piperidine rings is 1. The Morgan fingerprint density at radius 2 is 2.32 bits per heavy atom. The summed E-state index contributed by atoms with van der Waals surface area (Å²) in [5.74, 6) is 0.787. The molecule has 1 atom stereocenters. The Kier molecular flexibility index (Phi) is 4.31. The Morgan fingerprint density at radius 1 is 1.53 bits per heavy atom. The molecule has 19 heavy (non-hydrogen) atoms. The molecule has 1 fully saturated rings. The molecule has 1 aromatic rings. The molecule has 1 N–H and O–H groups in total. The maximum atomic E-state index is 10.8. The Balaban J connectivity index is 2.04. The summed E-state index contributed by atoms with van der Waals surface area (Å²) in [5.41, 5.74) is 0.541. The maximum absolute atomic E-state index is 10.8. The number of nitro groups is 1. The molecule has 6 nitrogen and oxygen atoms in total. The Bertz CT molecular complexity index is 458. The second-order valence-electron chi connectivity index (χ2n) is 5.06. The molecule has 0 aromatic carbocycles. The molecule has 0 saturated carbocycles. The third-order valence-corrected chi connectivity index (χ3v) is 3.54. The van der Waals surface area contributed by atoms with Gasteiger partial charge in [0.15, 0.2) is 0 Å². The quantitative estimate of drug-likeness (QED) is 0.664. The molecule has 1 unspecified atom stereocenters. The molecular weight excluding hydrogens is 244 g/mol. The van der Waals surface area contributed by atoms with E-state index in [4.69, 9.17) is 0 Å². The summed E-state index contributed by atoms with van der Waals surface area (Å²) >= 11 is 0. The first-order valence-electron chi connectivity index (χ1n) is 6.64. The molecule has 0 aliphatic carbocycles. The SMILES string of the molecule is Cc1nc(N(C)CC2CCCCN2)ccc1[N+](=O)[O-]. The fraction of sp³-hybridized carbons (Fsp3) is 0.615. The van der Waals surface area contributed by atoms with Gasteiger partial charge >= 0.3 is 0 Å². The molecule has 0 radical (unpaired) electrons. The van der Waals surface area contributed by atoms with Crippen molar-refractivity contribution in [2.75, 3.05) is 25.0 Å². The van der Waals surface area contributed by atoms with Crippen molar-refractivity contribution in [3.63, 3.8) is 0 Å².